The number of hydrogen-bond donors (Lipinski definition) is 1. The van der Waals surface area contributed by atoms with Gasteiger partial charge < -0.3 is 19.5 Å². The Balaban J connectivity index is 1.81. The maximum Gasteiger partial charge on any atom is 0.396 e. The zero-order valence-corrected chi connectivity index (χ0v) is 14.4. The van der Waals surface area contributed by atoms with Crippen LogP contribution in [0.3, 0.4) is 0 Å². The number of rotatable bonds is 5. The van der Waals surface area contributed by atoms with Gasteiger partial charge in [0.15, 0.2) is 0 Å². The summed E-state index contributed by atoms with van der Waals surface area (Å²) >= 11 is 0. The lowest BCUT2D eigenvalue weighted by Gasteiger charge is -2.27. The Morgan fingerprint density at radius 1 is 1.08 bits per heavy atom. The first-order chi connectivity index (χ1) is 12.0. The lowest BCUT2D eigenvalue weighted by molar-refractivity contribution is -0.150. The van der Waals surface area contributed by atoms with Gasteiger partial charge in [-0.05, 0) is 56.9 Å². The van der Waals surface area contributed by atoms with E-state index in [4.69, 9.17) is 9.47 Å². The number of anilines is 1. The Morgan fingerprint density at radius 3 is 2.28 bits per heavy atom. The molecule has 0 unspecified atom stereocenters. The minimum Gasteiger partial charge on any atom is -0.490 e. The molecule has 0 radical (unpaired) electrons. The first-order valence-electron chi connectivity index (χ1n) is 8.36. The molecule has 0 heterocycles. The van der Waals surface area contributed by atoms with Crippen LogP contribution in [0.4, 0.5) is 5.69 Å². The number of hydrogen-bond acceptors (Lipinski definition) is 6. The molecule has 0 aliphatic heterocycles. The summed E-state index contributed by atoms with van der Waals surface area (Å²) in [4.78, 5) is 34.2. The van der Waals surface area contributed by atoms with Gasteiger partial charge in [-0.15, -0.1) is 0 Å². The number of ether oxygens (including phenoxy) is 3. The first kappa shape index (κ1) is 18.8. The van der Waals surface area contributed by atoms with Gasteiger partial charge in [0.25, 0.3) is 0 Å². The second-order valence-electron chi connectivity index (χ2n) is 5.81. The van der Waals surface area contributed by atoms with Crippen molar-refractivity contribution < 1.29 is 28.6 Å². The fraction of sp³-hybridized carbons (Fsp3) is 0.500. The highest BCUT2D eigenvalue weighted by Crippen LogP contribution is 2.29. The highest BCUT2D eigenvalue weighted by Gasteiger charge is 2.28. The predicted molar refractivity (Wildman–Crippen MR) is 90.1 cm³/mol. The summed E-state index contributed by atoms with van der Waals surface area (Å²) in [5.74, 6) is -1.25. The Hall–Kier alpha value is -2.57. The topological polar surface area (TPSA) is 90.9 Å². The molecule has 1 N–H and O–H groups in total. The van der Waals surface area contributed by atoms with E-state index in [2.05, 4.69) is 10.1 Å². The predicted octanol–water partition coefficient (Wildman–Crippen LogP) is 2.30. The van der Waals surface area contributed by atoms with Crippen molar-refractivity contribution in [2.75, 3.05) is 19.0 Å². The molecule has 0 aromatic heterocycles. The van der Waals surface area contributed by atoms with Crippen molar-refractivity contribution in [3.8, 4) is 5.75 Å². The van der Waals surface area contributed by atoms with E-state index in [1.807, 2.05) is 6.92 Å². The summed E-state index contributed by atoms with van der Waals surface area (Å²) in [6.07, 6.45) is 3.17. The zero-order valence-electron chi connectivity index (χ0n) is 14.4. The summed E-state index contributed by atoms with van der Waals surface area (Å²) in [6.45, 7) is 2.22. The molecule has 1 aliphatic rings. The van der Waals surface area contributed by atoms with Gasteiger partial charge in [-0.1, -0.05) is 0 Å². The number of nitrogens with one attached hydrogen (secondary N) is 1. The van der Waals surface area contributed by atoms with Crippen molar-refractivity contribution in [2.45, 2.75) is 38.7 Å². The Kier molecular flexibility index (Phi) is 6.80. The van der Waals surface area contributed by atoms with Gasteiger partial charge in [0, 0.05) is 5.69 Å². The van der Waals surface area contributed by atoms with Gasteiger partial charge in [-0.2, -0.15) is 0 Å². The van der Waals surface area contributed by atoms with Gasteiger partial charge in [-0.25, -0.2) is 4.79 Å². The smallest absolute Gasteiger partial charge is 0.396 e. The van der Waals surface area contributed by atoms with Crippen LogP contribution < -0.4 is 10.1 Å². The van der Waals surface area contributed by atoms with E-state index in [0.717, 1.165) is 32.8 Å². The van der Waals surface area contributed by atoms with Crippen molar-refractivity contribution in [2.24, 2.45) is 5.92 Å². The van der Waals surface area contributed by atoms with Crippen molar-refractivity contribution in [1.82, 2.24) is 0 Å². The highest BCUT2D eigenvalue weighted by atomic mass is 16.5. The molecule has 1 aromatic carbocycles. The normalized spacial score (nSPS) is 19.6. The summed E-state index contributed by atoms with van der Waals surface area (Å²) < 4.78 is 15.3. The van der Waals surface area contributed by atoms with Gasteiger partial charge in [0.2, 0.25) is 0 Å². The second-order valence-corrected chi connectivity index (χ2v) is 5.81. The van der Waals surface area contributed by atoms with Gasteiger partial charge in [0.05, 0.1) is 25.7 Å². The van der Waals surface area contributed by atoms with Gasteiger partial charge in [-0.3, -0.25) is 9.59 Å². The number of carbonyl (C=O) groups is 3. The minimum absolute atomic E-state index is 0.0318. The van der Waals surface area contributed by atoms with Crippen LogP contribution in [0.25, 0.3) is 0 Å². The van der Waals surface area contributed by atoms with Gasteiger partial charge in [0.1, 0.15) is 5.75 Å². The third kappa shape index (κ3) is 5.48. The summed E-state index contributed by atoms with van der Waals surface area (Å²) in [5, 5.41) is 2.43. The SMILES string of the molecule is CCOC(=O)[C@H]1CC[C@@H](Oc2ccc(NC(=O)C(=O)OC)cc2)CC1. The number of amides is 1. The van der Waals surface area contributed by atoms with E-state index in [9.17, 15) is 14.4 Å². The van der Waals surface area contributed by atoms with Crippen LogP contribution in [0.5, 0.6) is 5.75 Å². The van der Waals surface area contributed by atoms with E-state index < -0.39 is 11.9 Å². The monoisotopic (exact) mass is 349 g/mol. The number of methoxy groups -OCH3 is 1. The van der Waals surface area contributed by atoms with Crippen LogP contribution in [0, 0.1) is 5.92 Å². The van der Waals surface area contributed by atoms with Crippen molar-refractivity contribution >= 4 is 23.5 Å². The number of esters is 2. The number of carbonyl (C=O) groups excluding carboxylic acids is 3. The summed E-state index contributed by atoms with van der Waals surface area (Å²) in [5.41, 5.74) is 0.480. The second kappa shape index (κ2) is 9.05. The molecule has 0 atom stereocenters. The molecular weight excluding hydrogens is 326 g/mol. The van der Waals surface area contributed by atoms with E-state index in [-0.39, 0.29) is 18.0 Å². The summed E-state index contributed by atoms with van der Waals surface area (Å²) in [7, 11) is 1.15. The molecule has 7 heteroatoms. The molecule has 136 valence electrons. The van der Waals surface area contributed by atoms with Crippen LogP contribution in [0.2, 0.25) is 0 Å². The maximum atomic E-state index is 11.7. The molecular formula is C18H23NO6. The standard InChI is InChI=1S/C18H23NO6/c1-3-24-17(21)12-4-8-14(9-5-12)25-15-10-6-13(7-11-15)19-16(20)18(22)23-2/h6-7,10-12,14H,3-5,8-9H2,1-2H3,(H,19,20)/t12-,14+. The molecule has 1 saturated carbocycles. The van der Waals surface area contributed by atoms with Gasteiger partial charge >= 0.3 is 17.8 Å². The van der Waals surface area contributed by atoms with E-state index in [0.29, 0.717) is 18.0 Å². The molecule has 25 heavy (non-hydrogen) atoms. The molecule has 0 bridgehead atoms. The zero-order chi connectivity index (χ0) is 18.2. The van der Waals surface area contributed by atoms with Crippen molar-refractivity contribution in [1.29, 1.82) is 0 Å². The van der Waals surface area contributed by atoms with Crippen molar-refractivity contribution in [3.63, 3.8) is 0 Å². The Morgan fingerprint density at radius 2 is 1.72 bits per heavy atom. The quantitative estimate of drug-likeness (QED) is 0.648. The van der Waals surface area contributed by atoms with Crippen molar-refractivity contribution in [3.05, 3.63) is 24.3 Å². The third-order valence-corrected chi connectivity index (χ3v) is 4.08. The van der Waals surface area contributed by atoms with Crippen LogP contribution in [0.1, 0.15) is 32.6 Å². The third-order valence-electron chi connectivity index (χ3n) is 4.08. The molecule has 0 spiro atoms. The summed E-state index contributed by atoms with van der Waals surface area (Å²) in [6, 6.07) is 6.76. The maximum absolute atomic E-state index is 11.7. The molecule has 1 amide bonds. The molecule has 1 aliphatic carbocycles. The Bertz CT molecular complexity index is 604. The molecule has 1 aromatic rings. The van der Waals surface area contributed by atoms with Crippen LogP contribution in [0.15, 0.2) is 24.3 Å². The molecule has 1 fully saturated rings. The van der Waals surface area contributed by atoms with E-state index in [1.54, 1.807) is 24.3 Å². The molecule has 0 saturated heterocycles. The molecule has 2 rings (SSSR count). The fourth-order valence-corrected chi connectivity index (χ4v) is 2.76. The van der Waals surface area contributed by atoms with Crippen LogP contribution in [-0.2, 0) is 23.9 Å². The van der Waals surface area contributed by atoms with Crippen LogP contribution in [-0.4, -0.2) is 37.7 Å². The highest BCUT2D eigenvalue weighted by molar-refractivity contribution is 6.37. The largest absolute Gasteiger partial charge is 0.490 e. The minimum atomic E-state index is -0.946. The first-order valence-corrected chi connectivity index (χ1v) is 8.36. The van der Waals surface area contributed by atoms with Crippen LogP contribution >= 0.6 is 0 Å². The van der Waals surface area contributed by atoms with E-state index in [1.165, 1.54) is 0 Å². The average Bonchev–Trinajstić information content (AvgIpc) is 2.63. The van der Waals surface area contributed by atoms with E-state index >= 15 is 0 Å². The lowest BCUT2D eigenvalue weighted by atomic mass is 9.87. The average molecular weight is 349 g/mol. The molecule has 7 nitrogen and oxygen atoms in total. The fourth-order valence-electron chi connectivity index (χ4n) is 2.76. The number of benzene rings is 1. The Labute approximate surface area is 146 Å². The lowest BCUT2D eigenvalue weighted by Crippen LogP contribution is -2.29.